The fourth-order valence-corrected chi connectivity index (χ4v) is 0.917. The van der Waals surface area contributed by atoms with Crippen LogP contribution in [0.5, 0.6) is 0 Å². The van der Waals surface area contributed by atoms with Crippen LogP contribution in [-0.4, -0.2) is 47.8 Å². The largest absolute Gasteiger partial charge is 0.253 e. The van der Waals surface area contributed by atoms with Gasteiger partial charge in [0.15, 0.2) is 0 Å². The maximum Gasteiger partial charge on any atom is 0.213 e. The summed E-state index contributed by atoms with van der Waals surface area (Å²) in [5.74, 6) is 0. The molecule has 1 aromatic heterocycles. The number of hydrogen-bond donors (Lipinski definition) is 1. The third-order valence-corrected chi connectivity index (χ3v) is 2.12. The summed E-state index contributed by atoms with van der Waals surface area (Å²) < 4.78 is 1.95. The SMILES string of the molecule is [Al][c]1n[nH]c(=S)n[c]1[Al]. The summed E-state index contributed by atoms with van der Waals surface area (Å²) in [7, 11) is 0. The van der Waals surface area contributed by atoms with Crippen LogP contribution in [0.15, 0.2) is 0 Å². The van der Waals surface area contributed by atoms with E-state index in [9.17, 15) is 0 Å². The molecule has 0 saturated heterocycles. The van der Waals surface area contributed by atoms with Crippen molar-refractivity contribution in [1.29, 1.82) is 0 Å². The Kier molecular flexibility index (Phi) is 2.40. The first-order valence-electron chi connectivity index (χ1n) is 2.18. The van der Waals surface area contributed by atoms with Crippen LogP contribution in [0, 0.1) is 4.77 Å². The van der Waals surface area contributed by atoms with Gasteiger partial charge < -0.3 is 0 Å². The quantitative estimate of drug-likeness (QED) is 0.361. The Morgan fingerprint density at radius 3 is 2.44 bits per heavy atom. The van der Waals surface area contributed by atoms with Crippen molar-refractivity contribution in [3.05, 3.63) is 4.77 Å². The molecule has 1 N–H and O–H groups in total. The van der Waals surface area contributed by atoms with Gasteiger partial charge in [-0.25, -0.2) is 4.98 Å². The van der Waals surface area contributed by atoms with Gasteiger partial charge in [0.25, 0.3) is 0 Å². The van der Waals surface area contributed by atoms with E-state index in [-0.39, 0.29) is 0 Å². The molecule has 0 atom stereocenters. The maximum atomic E-state index is 4.71. The number of hydrogen-bond acceptors (Lipinski definition) is 3. The Morgan fingerprint density at radius 2 is 2.00 bits per heavy atom. The summed E-state index contributed by atoms with van der Waals surface area (Å²) in [4.78, 5) is 3.91. The topological polar surface area (TPSA) is 41.6 Å². The first-order valence-corrected chi connectivity index (χ1v) is 3.74. The molecule has 3 nitrogen and oxygen atoms in total. The zero-order chi connectivity index (χ0) is 6.85. The van der Waals surface area contributed by atoms with Crippen LogP contribution >= 0.6 is 12.2 Å². The Bertz CT molecular complexity index is 270. The molecule has 1 heterocycles. The van der Waals surface area contributed by atoms with Crippen molar-refractivity contribution in [2.45, 2.75) is 0 Å². The Labute approximate surface area is 73.7 Å². The van der Waals surface area contributed by atoms with Gasteiger partial charge in [-0.3, -0.25) is 5.10 Å². The molecular weight excluding hydrogens is 164 g/mol. The highest BCUT2D eigenvalue weighted by molar-refractivity contribution is 7.71. The third kappa shape index (κ3) is 1.86. The first-order chi connectivity index (χ1) is 4.20. The van der Waals surface area contributed by atoms with E-state index in [1.165, 1.54) is 0 Å². The number of H-pyrrole nitrogens is 1. The fraction of sp³-hybridized carbons (Fsp3) is 0. The van der Waals surface area contributed by atoms with Crippen molar-refractivity contribution in [2.75, 3.05) is 0 Å². The summed E-state index contributed by atoms with van der Waals surface area (Å²) in [6.45, 7) is 0. The molecule has 0 fully saturated rings. The van der Waals surface area contributed by atoms with Gasteiger partial charge in [-0.05, 0) is 16.8 Å². The van der Waals surface area contributed by atoms with E-state index in [0.29, 0.717) is 4.77 Å². The average Bonchev–Trinajstić information content (AvgIpc) is 1.80. The molecular formula is C3HAl2N3S. The normalized spacial score (nSPS) is 9.33. The minimum Gasteiger partial charge on any atom is -0.253 e. The zero-order valence-corrected chi connectivity index (χ0v) is 7.58. The van der Waals surface area contributed by atoms with Gasteiger partial charge in [0.1, 0.15) is 0 Å². The molecule has 0 aliphatic carbocycles. The standard InChI is InChI=1S/C3HN3S.2Al/c7-3-4-1-2-5-6-3;;/h(H,4,6,7);;. The van der Waals surface area contributed by atoms with E-state index >= 15 is 0 Å². The van der Waals surface area contributed by atoms with E-state index in [4.69, 9.17) is 12.2 Å². The summed E-state index contributed by atoms with van der Waals surface area (Å²) in [5, 5.41) is 6.39. The number of nitrogens with zero attached hydrogens (tertiary/aromatic N) is 2. The summed E-state index contributed by atoms with van der Waals surface area (Å²) in [6.07, 6.45) is 0. The van der Waals surface area contributed by atoms with Crippen LogP contribution in [0.1, 0.15) is 0 Å². The van der Waals surface area contributed by atoms with E-state index < -0.39 is 0 Å². The van der Waals surface area contributed by atoms with Gasteiger partial charge in [0.2, 0.25) is 37.4 Å². The lowest BCUT2D eigenvalue weighted by molar-refractivity contribution is 0.990. The third-order valence-electron chi connectivity index (χ3n) is 0.756. The first kappa shape index (κ1) is 7.40. The minimum atomic E-state index is 0.409. The number of rotatable bonds is 0. The van der Waals surface area contributed by atoms with E-state index in [1.54, 1.807) is 0 Å². The van der Waals surface area contributed by atoms with Gasteiger partial charge in [-0.1, -0.05) is 4.56 Å². The van der Waals surface area contributed by atoms with Crippen LogP contribution in [-0.2, 0) is 0 Å². The molecule has 0 saturated carbocycles. The smallest absolute Gasteiger partial charge is 0.213 e. The van der Waals surface area contributed by atoms with Crippen molar-refractivity contribution in [2.24, 2.45) is 0 Å². The molecule has 0 amide bonds. The molecule has 0 aliphatic rings. The molecule has 0 unspecified atom stereocenters. The second-order valence-electron chi connectivity index (χ2n) is 1.41. The lowest BCUT2D eigenvalue weighted by Crippen LogP contribution is -2.32. The number of aromatic amines is 1. The van der Waals surface area contributed by atoms with Crippen LogP contribution in [0.25, 0.3) is 0 Å². The van der Waals surface area contributed by atoms with E-state index in [2.05, 4.69) is 47.8 Å². The monoisotopic (exact) mass is 165 g/mol. The molecule has 0 aliphatic heterocycles. The Morgan fingerprint density at radius 1 is 1.33 bits per heavy atom. The van der Waals surface area contributed by atoms with E-state index in [1.807, 2.05) is 0 Å². The van der Waals surface area contributed by atoms with E-state index in [0.717, 1.165) is 9.11 Å². The lowest BCUT2D eigenvalue weighted by Gasteiger charge is -1.95. The minimum absolute atomic E-state index is 0.409. The van der Waals surface area contributed by atoms with Crippen molar-refractivity contribution in [3.63, 3.8) is 0 Å². The summed E-state index contributed by atoms with van der Waals surface area (Å²) in [5.41, 5.74) is 0. The predicted molar refractivity (Wildman–Crippen MR) is 38.0 cm³/mol. The molecule has 9 heavy (non-hydrogen) atoms. The predicted octanol–water partition coefficient (Wildman–Crippen LogP) is -1.88. The second-order valence-corrected chi connectivity index (χ2v) is 2.89. The summed E-state index contributed by atoms with van der Waals surface area (Å²) in [6, 6.07) is 0. The average molecular weight is 165 g/mol. The number of nitrogens with one attached hydrogen (secondary N) is 1. The molecule has 0 spiro atoms. The van der Waals surface area contributed by atoms with Gasteiger partial charge in [0.05, 0.1) is 0 Å². The maximum absolute atomic E-state index is 4.71. The van der Waals surface area contributed by atoms with Crippen LogP contribution < -0.4 is 9.11 Å². The Balaban J connectivity index is 3.34. The molecule has 1 rings (SSSR count). The molecule has 0 aromatic carbocycles. The van der Waals surface area contributed by atoms with Gasteiger partial charge >= 0.3 is 0 Å². The zero-order valence-electron chi connectivity index (χ0n) is 4.46. The van der Waals surface area contributed by atoms with Crippen molar-refractivity contribution >= 4 is 53.9 Å². The molecule has 0 bridgehead atoms. The fourth-order valence-electron chi connectivity index (χ4n) is 0.357. The van der Waals surface area contributed by atoms with Crippen LogP contribution in [0.3, 0.4) is 0 Å². The summed E-state index contributed by atoms with van der Waals surface area (Å²) >= 11 is 9.58. The van der Waals surface area contributed by atoms with Crippen molar-refractivity contribution in [3.8, 4) is 0 Å². The second kappa shape index (κ2) is 2.92. The van der Waals surface area contributed by atoms with Gasteiger partial charge in [0, 0.05) is 0 Å². The molecule has 6 heteroatoms. The highest BCUT2D eigenvalue weighted by Gasteiger charge is 1.88. The van der Waals surface area contributed by atoms with Crippen LogP contribution in [0.2, 0.25) is 0 Å². The number of aromatic nitrogens is 3. The molecule has 4 radical (unpaired) electrons. The lowest BCUT2D eigenvalue weighted by atomic mass is 10.9. The highest BCUT2D eigenvalue weighted by Crippen LogP contribution is 1.63. The molecule has 1 aromatic rings. The van der Waals surface area contributed by atoms with Gasteiger partial charge in [-0.15, -0.1) is 0 Å². The molecule has 40 valence electrons. The highest BCUT2D eigenvalue weighted by atomic mass is 32.1. The van der Waals surface area contributed by atoms with Crippen LogP contribution in [0.4, 0.5) is 0 Å². The van der Waals surface area contributed by atoms with Gasteiger partial charge in [-0.2, -0.15) is 5.10 Å². The van der Waals surface area contributed by atoms with Crippen molar-refractivity contribution in [1.82, 2.24) is 15.2 Å². The van der Waals surface area contributed by atoms with Crippen molar-refractivity contribution < 1.29 is 0 Å². The Hall–Kier alpha value is 0.295.